The number of hydrogen-bond acceptors (Lipinski definition) is 2. The molecule has 2 aromatic heterocycles. The third-order valence-electron chi connectivity index (χ3n) is 3.22. The Labute approximate surface area is 123 Å². The van der Waals surface area contributed by atoms with E-state index in [1.807, 2.05) is 37.5 Å². The molecular weight excluding hydrogens is 322 g/mol. The van der Waals surface area contributed by atoms with E-state index < -0.39 is 5.97 Å². The minimum Gasteiger partial charge on any atom is -0.481 e. The van der Waals surface area contributed by atoms with Gasteiger partial charge in [-0.2, -0.15) is 5.10 Å². The molecule has 0 aliphatic rings. The first-order valence-corrected chi connectivity index (χ1v) is 6.87. The molecule has 0 aliphatic heterocycles. The van der Waals surface area contributed by atoms with Crippen molar-refractivity contribution in [1.29, 1.82) is 0 Å². The highest BCUT2D eigenvalue weighted by Gasteiger charge is 2.19. The second-order valence-corrected chi connectivity index (χ2v) is 5.34. The van der Waals surface area contributed by atoms with Gasteiger partial charge in [-0.25, -0.2) is 0 Å². The Morgan fingerprint density at radius 3 is 2.95 bits per heavy atom. The van der Waals surface area contributed by atoms with Crippen molar-refractivity contribution in [3.05, 3.63) is 40.6 Å². The summed E-state index contributed by atoms with van der Waals surface area (Å²) in [5.41, 5.74) is 3.44. The summed E-state index contributed by atoms with van der Waals surface area (Å²) in [6.45, 7) is 0. The first kappa shape index (κ1) is 12.9. The Kier molecular flexibility index (Phi) is 3.10. The summed E-state index contributed by atoms with van der Waals surface area (Å²) < 4.78 is 2.44. The highest BCUT2D eigenvalue weighted by Crippen LogP contribution is 2.35. The van der Waals surface area contributed by atoms with Crippen molar-refractivity contribution in [3.63, 3.8) is 0 Å². The van der Waals surface area contributed by atoms with Crippen molar-refractivity contribution >= 4 is 32.8 Å². The van der Waals surface area contributed by atoms with Crippen LogP contribution in [0.3, 0.4) is 0 Å². The topological polar surface area (TPSA) is 70.9 Å². The molecule has 6 heteroatoms. The monoisotopic (exact) mass is 333 g/mol. The largest absolute Gasteiger partial charge is 0.481 e. The molecule has 0 aliphatic carbocycles. The predicted octanol–water partition coefficient (Wildman–Crippen LogP) is 2.96. The number of aryl methyl sites for hydroxylation is 1. The number of carboxylic acids is 1. The number of para-hydroxylation sites is 1. The predicted molar refractivity (Wildman–Crippen MR) is 79.5 cm³/mol. The zero-order chi connectivity index (χ0) is 14.3. The summed E-state index contributed by atoms with van der Waals surface area (Å²) in [5, 5.41) is 14.3. The molecule has 1 aromatic carbocycles. The van der Waals surface area contributed by atoms with Crippen LogP contribution < -0.4 is 0 Å². The Hall–Kier alpha value is -2.08. The number of rotatable bonds is 3. The molecule has 0 unspecified atom stereocenters. The van der Waals surface area contributed by atoms with E-state index in [0.29, 0.717) is 5.69 Å². The zero-order valence-corrected chi connectivity index (χ0v) is 12.3. The lowest BCUT2D eigenvalue weighted by Gasteiger charge is -2.01. The van der Waals surface area contributed by atoms with E-state index in [2.05, 4.69) is 26.0 Å². The van der Waals surface area contributed by atoms with Gasteiger partial charge >= 0.3 is 5.97 Å². The normalized spacial score (nSPS) is 11.1. The molecule has 2 heterocycles. The maximum atomic E-state index is 10.9. The van der Waals surface area contributed by atoms with E-state index in [9.17, 15) is 4.79 Å². The molecule has 0 saturated heterocycles. The molecule has 5 nitrogen and oxygen atoms in total. The van der Waals surface area contributed by atoms with E-state index in [1.54, 1.807) is 4.68 Å². The summed E-state index contributed by atoms with van der Waals surface area (Å²) in [6.07, 6.45) is 1.81. The van der Waals surface area contributed by atoms with Gasteiger partial charge < -0.3 is 10.1 Å². The Balaban J connectivity index is 2.19. The molecule has 0 spiro atoms. The van der Waals surface area contributed by atoms with Gasteiger partial charge in [-0.15, -0.1) is 0 Å². The van der Waals surface area contributed by atoms with E-state index in [1.165, 1.54) is 0 Å². The van der Waals surface area contributed by atoms with Gasteiger partial charge in [0.2, 0.25) is 0 Å². The molecule has 0 amide bonds. The van der Waals surface area contributed by atoms with Crippen molar-refractivity contribution in [2.75, 3.05) is 0 Å². The second-order valence-electron chi connectivity index (χ2n) is 4.55. The van der Waals surface area contributed by atoms with Crippen molar-refractivity contribution in [1.82, 2.24) is 14.8 Å². The molecule has 20 heavy (non-hydrogen) atoms. The average molecular weight is 334 g/mol. The van der Waals surface area contributed by atoms with Gasteiger partial charge in [0, 0.05) is 29.7 Å². The fraction of sp³-hybridized carbons (Fsp3) is 0.143. The molecule has 2 N–H and O–H groups in total. The van der Waals surface area contributed by atoms with Crippen LogP contribution in [0.15, 0.2) is 34.9 Å². The maximum absolute atomic E-state index is 10.9. The lowest BCUT2D eigenvalue weighted by atomic mass is 10.1. The van der Waals surface area contributed by atoms with Gasteiger partial charge in [-0.3, -0.25) is 9.48 Å². The lowest BCUT2D eigenvalue weighted by molar-refractivity contribution is -0.136. The molecule has 3 rings (SSSR count). The van der Waals surface area contributed by atoms with Gasteiger partial charge in [0.25, 0.3) is 0 Å². The molecule has 102 valence electrons. The molecule has 0 radical (unpaired) electrons. The van der Waals surface area contributed by atoms with E-state index in [4.69, 9.17) is 5.11 Å². The van der Waals surface area contributed by atoms with Crippen molar-refractivity contribution < 1.29 is 9.90 Å². The number of aromatic nitrogens is 3. The summed E-state index contributed by atoms with van der Waals surface area (Å²) in [5.74, 6) is -0.894. The summed E-state index contributed by atoms with van der Waals surface area (Å²) in [7, 11) is 1.81. The maximum Gasteiger partial charge on any atom is 0.309 e. The fourth-order valence-electron chi connectivity index (χ4n) is 2.37. The number of H-pyrrole nitrogens is 1. The van der Waals surface area contributed by atoms with Crippen LogP contribution in [0, 0.1) is 0 Å². The minimum absolute atomic E-state index is 0.100. The summed E-state index contributed by atoms with van der Waals surface area (Å²) >= 11 is 3.48. The van der Waals surface area contributed by atoms with Crippen LogP contribution in [0.4, 0.5) is 0 Å². The third-order valence-corrected chi connectivity index (χ3v) is 4.05. The number of halogens is 1. The minimum atomic E-state index is -0.894. The smallest absolute Gasteiger partial charge is 0.309 e. The van der Waals surface area contributed by atoms with Crippen LogP contribution in [0.1, 0.15) is 5.69 Å². The standard InChI is InChI=1S/C14H12BrN3O2/c1-18-14(13(15)11(17-18)6-12(19)20)9-7-16-10-5-3-2-4-8(9)10/h2-5,7,16H,6H2,1H3,(H,19,20). The number of hydrogen-bond donors (Lipinski definition) is 2. The Bertz CT molecular complexity index is 804. The van der Waals surface area contributed by atoms with Crippen LogP contribution in [0.2, 0.25) is 0 Å². The molecule has 0 fully saturated rings. The number of carboxylic acid groups (broad SMARTS) is 1. The first-order chi connectivity index (χ1) is 9.58. The van der Waals surface area contributed by atoms with E-state index >= 15 is 0 Å². The van der Waals surface area contributed by atoms with Crippen LogP contribution in [-0.4, -0.2) is 25.8 Å². The van der Waals surface area contributed by atoms with E-state index in [-0.39, 0.29) is 6.42 Å². The summed E-state index contributed by atoms with van der Waals surface area (Å²) in [6, 6.07) is 7.97. The Morgan fingerprint density at radius 2 is 2.20 bits per heavy atom. The molecule has 0 saturated carbocycles. The van der Waals surface area contributed by atoms with Gasteiger partial charge in [0.15, 0.2) is 0 Å². The van der Waals surface area contributed by atoms with Gasteiger partial charge in [-0.1, -0.05) is 18.2 Å². The lowest BCUT2D eigenvalue weighted by Crippen LogP contribution is -2.02. The molecule has 0 bridgehead atoms. The van der Waals surface area contributed by atoms with Gasteiger partial charge in [0.1, 0.15) is 0 Å². The fourth-order valence-corrected chi connectivity index (χ4v) is 3.06. The third kappa shape index (κ3) is 2.02. The van der Waals surface area contributed by atoms with Crippen molar-refractivity contribution in [2.24, 2.45) is 7.05 Å². The second kappa shape index (κ2) is 4.79. The zero-order valence-electron chi connectivity index (χ0n) is 10.7. The average Bonchev–Trinajstić information content (AvgIpc) is 2.92. The van der Waals surface area contributed by atoms with Crippen LogP contribution in [0.5, 0.6) is 0 Å². The number of aliphatic carboxylic acids is 1. The summed E-state index contributed by atoms with van der Waals surface area (Å²) in [4.78, 5) is 14.1. The number of carbonyl (C=O) groups is 1. The number of benzene rings is 1. The number of fused-ring (bicyclic) bond motifs is 1. The van der Waals surface area contributed by atoms with Crippen LogP contribution in [0.25, 0.3) is 22.2 Å². The number of nitrogens with zero attached hydrogens (tertiary/aromatic N) is 2. The van der Waals surface area contributed by atoms with Gasteiger partial charge in [-0.05, 0) is 22.0 Å². The number of nitrogens with one attached hydrogen (secondary N) is 1. The molecule has 0 atom stereocenters. The van der Waals surface area contributed by atoms with Crippen molar-refractivity contribution in [2.45, 2.75) is 6.42 Å². The first-order valence-electron chi connectivity index (χ1n) is 6.07. The van der Waals surface area contributed by atoms with Crippen molar-refractivity contribution in [3.8, 4) is 11.3 Å². The quantitative estimate of drug-likeness (QED) is 0.774. The highest BCUT2D eigenvalue weighted by molar-refractivity contribution is 9.10. The Morgan fingerprint density at radius 1 is 1.45 bits per heavy atom. The molecular formula is C14H12BrN3O2. The molecule has 3 aromatic rings. The van der Waals surface area contributed by atoms with Crippen LogP contribution in [-0.2, 0) is 18.3 Å². The highest BCUT2D eigenvalue weighted by atomic mass is 79.9. The number of aromatic amines is 1. The SMILES string of the molecule is Cn1nc(CC(=O)O)c(Br)c1-c1c[nH]c2ccccc12. The van der Waals surface area contributed by atoms with E-state index in [0.717, 1.165) is 26.6 Å². The van der Waals surface area contributed by atoms with Gasteiger partial charge in [0.05, 0.1) is 22.3 Å². The van der Waals surface area contributed by atoms with Crippen LogP contribution >= 0.6 is 15.9 Å².